The minimum atomic E-state index is -0.454. The number of para-hydroxylation sites is 1. The molecule has 0 spiro atoms. The van der Waals surface area contributed by atoms with Crippen LogP contribution in [0.1, 0.15) is 28.7 Å². The summed E-state index contributed by atoms with van der Waals surface area (Å²) < 4.78 is 20.6. The number of hydrogen-bond acceptors (Lipinski definition) is 7. The molecule has 0 radical (unpaired) electrons. The van der Waals surface area contributed by atoms with Crippen molar-refractivity contribution < 1.29 is 23.5 Å². The molecule has 0 saturated carbocycles. The number of hydrogen-bond donors (Lipinski definition) is 0. The summed E-state index contributed by atoms with van der Waals surface area (Å²) in [7, 11) is 0. The van der Waals surface area contributed by atoms with Crippen LogP contribution in [0.4, 0.5) is 10.1 Å². The van der Waals surface area contributed by atoms with Gasteiger partial charge in [-0.1, -0.05) is 12.1 Å². The highest BCUT2D eigenvalue weighted by Crippen LogP contribution is 2.23. The van der Waals surface area contributed by atoms with Crippen LogP contribution >= 0.6 is 11.3 Å². The number of rotatable bonds is 7. The maximum atomic E-state index is 14.4. The fraction of sp³-hybridized carbons (Fsp3) is 0.333. The molecule has 7 nitrogen and oxygen atoms in total. The lowest BCUT2D eigenvalue weighted by atomic mass is 10.1. The molecule has 33 heavy (non-hydrogen) atoms. The molecule has 0 N–H and O–H groups in total. The summed E-state index contributed by atoms with van der Waals surface area (Å²) in [6.07, 6.45) is 0.634. The first-order valence-electron chi connectivity index (χ1n) is 10.7. The largest absolute Gasteiger partial charge is 0.456 e. The van der Waals surface area contributed by atoms with Crippen molar-refractivity contribution in [2.45, 2.75) is 19.8 Å². The maximum Gasteiger partial charge on any atom is 0.306 e. The van der Waals surface area contributed by atoms with Crippen LogP contribution in [0.15, 0.2) is 42.5 Å². The summed E-state index contributed by atoms with van der Waals surface area (Å²) in [5.41, 5.74) is 1.65. The van der Waals surface area contributed by atoms with Crippen molar-refractivity contribution in [1.29, 1.82) is 0 Å². The molecule has 0 atom stereocenters. The van der Waals surface area contributed by atoms with Crippen molar-refractivity contribution >= 4 is 44.9 Å². The number of benzene rings is 2. The molecule has 1 amide bonds. The molecule has 9 heteroatoms. The van der Waals surface area contributed by atoms with E-state index in [1.165, 1.54) is 13.0 Å². The zero-order valence-corrected chi connectivity index (χ0v) is 19.1. The third-order valence-corrected chi connectivity index (χ3v) is 6.66. The fourth-order valence-electron chi connectivity index (χ4n) is 3.72. The standard InChI is InChI=1S/C24H24FN3O4S/c1-16(29)17-6-7-20(18(25)14-17)27-10-12-28(13-11-27)23(30)15-32-24(31)9-8-22-26-19-4-2-3-5-21(19)33-22/h2-7,14H,8-13,15H2,1H3. The number of Topliss-reactive ketones (excluding diaryl/α,β-unsaturated/α-hetero) is 1. The zero-order valence-electron chi connectivity index (χ0n) is 18.3. The van der Waals surface area contributed by atoms with Gasteiger partial charge in [-0.25, -0.2) is 9.37 Å². The van der Waals surface area contributed by atoms with Gasteiger partial charge in [0.2, 0.25) is 0 Å². The molecule has 172 valence electrons. The quantitative estimate of drug-likeness (QED) is 0.390. The second-order valence-electron chi connectivity index (χ2n) is 7.83. The molecule has 0 bridgehead atoms. The minimum absolute atomic E-state index is 0.163. The third kappa shape index (κ3) is 5.54. The molecule has 1 aromatic heterocycles. The van der Waals surface area contributed by atoms with Crippen molar-refractivity contribution in [3.05, 3.63) is 58.9 Å². The second kappa shape index (κ2) is 10.1. The average molecular weight is 470 g/mol. The maximum absolute atomic E-state index is 14.4. The van der Waals surface area contributed by atoms with E-state index in [4.69, 9.17) is 4.74 Å². The summed E-state index contributed by atoms with van der Waals surface area (Å²) in [6.45, 7) is 2.79. The van der Waals surface area contributed by atoms with E-state index in [9.17, 15) is 18.8 Å². The number of piperazine rings is 1. The lowest BCUT2D eigenvalue weighted by molar-refractivity contribution is -0.152. The molecule has 1 saturated heterocycles. The molecule has 2 aromatic carbocycles. The van der Waals surface area contributed by atoms with Crippen molar-refractivity contribution in [2.75, 3.05) is 37.7 Å². The first-order chi connectivity index (χ1) is 15.9. The Hall–Kier alpha value is -3.33. The molecule has 0 unspecified atom stereocenters. The Morgan fingerprint density at radius 2 is 1.85 bits per heavy atom. The lowest BCUT2D eigenvalue weighted by Gasteiger charge is -2.36. The highest BCUT2D eigenvalue weighted by Gasteiger charge is 2.24. The molecule has 4 rings (SSSR count). The number of fused-ring (bicyclic) bond motifs is 1. The van der Waals surface area contributed by atoms with E-state index in [0.29, 0.717) is 43.9 Å². The Morgan fingerprint density at radius 3 is 2.55 bits per heavy atom. The molecular weight excluding hydrogens is 445 g/mol. The van der Waals surface area contributed by atoms with Gasteiger partial charge in [-0.2, -0.15) is 0 Å². The molecular formula is C24H24FN3O4S. The molecule has 0 aliphatic carbocycles. The second-order valence-corrected chi connectivity index (χ2v) is 8.94. The number of aryl methyl sites for hydroxylation is 1. The summed E-state index contributed by atoms with van der Waals surface area (Å²) in [5.74, 6) is -1.35. The number of ketones is 1. The average Bonchev–Trinajstić information content (AvgIpc) is 3.24. The van der Waals surface area contributed by atoms with Crippen LogP contribution < -0.4 is 4.90 Å². The summed E-state index contributed by atoms with van der Waals surface area (Å²) in [4.78, 5) is 43.9. The van der Waals surface area contributed by atoms with E-state index in [1.54, 1.807) is 28.4 Å². The first kappa shape index (κ1) is 22.8. The number of carbonyl (C=O) groups excluding carboxylic acids is 3. The van der Waals surface area contributed by atoms with Crippen LogP contribution in [0, 0.1) is 5.82 Å². The molecule has 1 fully saturated rings. The predicted molar refractivity (Wildman–Crippen MR) is 124 cm³/mol. The van der Waals surface area contributed by atoms with Gasteiger partial charge < -0.3 is 14.5 Å². The fourth-order valence-corrected chi connectivity index (χ4v) is 4.69. The van der Waals surface area contributed by atoms with Crippen LogP contribution in [-0.4, -0.2) is 60.3 Å². The van der Waals surface area contributed by atoms with Gasteiger partial charge in [0.1, 0.15) is 5.82 Å². The Balaban J connectivity index is 1.21. The number of thiazole rings is 1. The van der Waals surface area contributed by atoms with Gasteiger partial charge in [0, 0.05) is 38.2 Å². The highest BCUT2D eigenvalue weighted by atomic mass is 32.1. The van der Waals surface area contributed by atoms with E-state index in [1.807, 2.05) is 29.2 Å². The molecule has 2 heterocycles. The van der Waals surface area contributed by atoms with Crippen molar-refractivity contribution in [3.63, 3.8) is 0 Å². The number of anilines is 1. The van der Waals surface area contributed by atoms with Crippen LogP contribution in [0.25, 0.3) is 10.2 Å². The number of ether oxygens (including phenoxy) is 1. The number of amides is 1. The van der Waals surface area contributed by atoms with Crippen LogP contribution in [0.3, 0.4) is 0 Å². The number of esters is 1. The lowest BCUT2D eigenvalue weighted by Crippen LogP contribution is -2.50. The predicted octanol–water partition coefficient (Wildman–Crippen LogP) is 3.46. The van der Waals surface area contributed by atoms with Crippen molar-refractivity contribution in [3.8, 4) is 0 Å². The summed E-state index contributed by atoms with van der Waals surface area (Å²) >= 11 is 1.55. The van der Waals surface area contributed by atoms with E-state index in [2.05, 4.69) is 4.98 Å². The number of nitrogens with zero attached hydrogens (tertiary/aromatic N) is 3. The van der Waals surface area contributed by atoms with Gasteiger partial charge >= 0.3 is 5.97 Å². The zero-order chi connectivity index (χ0) is 23.4. The monoisotopic (exact) mass is 469 g/mol. The summed E-state index contributed by atoms with van der Waals surface area (Å²) in [5, 5.41) is 0.860. The van der Waals surface area contributed by atoms with E-state index < -0.39 is 11.8 Å². The van der Waals surface area contributed by atoms with Gasteiger partial charge in [0.25, 0.3) is 5.91 Å². The van der Waals surface area contributed by atoms with Gasteiger partial charge in [0.15, 0.2) is 12.4 Å². The van der Waals surface area contributed by atoms with Crippen LogP contribution in [0.5, 0.6) is 0 Å². The molecule has 3 aromatic rings. The number of carbonyl (C=O) groups is 3. The third-order valence-electron chi connectivity index (χ3n) is 5.57. The Labute approximate surface area is 194 Å². The van der Waals surface area contributed by atoms with Crippen LogP contribution in [0.2, 0.25) is 0 Å². The number of aromatic nitrogens is 1. The summed E-state index contributed by atoms with van der Waals surface area (Å²) in [6, 6.07) is 12.2. The van der Waals surface area contributed by atoms with Gasteiger partial charge in [-0.3, -0.25) is 14.4 Å². The first-order valence-corrected chi connectivity index (χ1v) is 11.6. The number of halogens is 1. The highest BCUT2D eigenvalue weighted by molar-refractivity contribution is 7.18. The van der Waals surface area contributed by atoms with Gasteiger partial charge in [0.05, 0.1) is 27.3 Å². The Kier molecular flexibility index (Phi) is 6.98. The molecule has 1 aliphatic rings. The van der Waals surface area contributed by atoms with E-state index in [0.717, 1.165) is 15.2 Å². The van der Waals surface area contributed by atoms with E-state index >= 15 is 0 Å². The van der Waals surface area contributed by atoms with Crippen molar-refractivity contribution in [2.24, 2.45) is 0 Å². The van der Waals surface area contributed by atoms with E-state index in [-0.39, 0.29) is 24.7 Å². The Bertz CT molecular complexity index is 1150. The minimum Gasteiger partial charge on any atom is -0.456 e. The topological polar surface area (TPSA) is 79.8 Å². The molecule has 1 aliphatic heterocycles. The normalized spacial score (nSPS) is 13.9. The van der Waals surface area contributed by atoms with Crippen LogP contribution in [-0.2, 0) is 20.7 Å². The van der Waals surface area contributed by atoms with Crippen molar-refractivity contribution in [1.82, 2.24) is 9.88 Å². The smallest absolute Gasteiger partial charge is 0.306 e. The van der Waals surface area contributed by atoms with Gasteiger partial charge in [-0.15, -0.1) is 11.3 Å². The Morgan fingerprint density at radius 1 is 1.09 bits per heavy atom. The van der Waals surface area contributed by atoms with Gasteiger partial charge in [-0.05, 0) is 37.3 Å². The SMILES string of the molecule is CC(=O)c1ccc(N2CCN(C(=O)COC(=O)CCc3nc4ccccc4s3)CC2)c(F)c1.